The lowest BCUT2D eigenvalue weighted by Crippen LogP contribution is -1.98. The van der Waals surface area contributed by atoms with E-state index >= 15 is 0 Å². The Hall–Kier alpha value is -6.84. The van der Waals surface area contributed by atoms with Gasteiger partial charge in [0, 0.05) is 33.2 Å². The molecular weight excluding hydrogens is 631 g/mol. The first-order valence-electron chi connectivity index (χ1n) is 17.6. The van der Waals surface area contributed by atoms with Gasteiger partial charge in [0.2, 0.25) is 0 Å². The number of para-hydroxylation sites is 2. The van der Waals surface area contributed by atoms with Crippen LogP contribution in [0.2, 0.25) is 0 Å². The molecule has 0 bridgehead atoms. The Balaban J connectivity index is 1.20. The number of rotatable bonds is 7. The summed E-state index contributed by atoms with van der Waals surface area (Å²) in [6, 6.07) is 55.9. The van der Waals surface area contributed by atoms with Crippen LogP contribution < -0.4 is 0 Å². The topological polar surface area (TPSA) is 30.7 Å². The summed E-state index contributed by atoms with van der Waals surface area (Å²) in [5, 5.41) is 7.29. The highest BCUT2D eigenvalue weighted by Gasteiger charge is 2.16. The van der Waals surface area contributed by atoms with Crippen LogP contribution in [0.3, 0.4) is 0 Å². The van der Waals surface area contributed by atoms with E-state index in [4.69, 9.17) is 9.97 Å². The van der Waals surface area contributed by atoms with Crippen LogP contribution in [0, 0.1) is 0 Å². The molecule has 7 aromatic carbocycles. The molecule has 9 aromatic rings. The van der Waals surface area contributed by atoms with Gasteiger partial charge in [0.1, 0.15) is 0 Å². The van der Waals surface area contributed by atoms with E-state index in [-0.39, 0.29) is 0 Å². The van der Waals surface area contributed by atoms with Gasteiger partial charge in [0.05, 0.1) is 22.4 Å². The standard InChI is InChI=1S/C49H35N3/c1-3-4-5-14-33(2)34-23-25-36(26-24-34)49-50-45(32-46(51-49)44-31-37-15-6-7-16-39(37)40-17-8-9-18-41(40)44)35-27-29-38(30-28-35)52-47-21-12-10-19-42(47)43-20-11-13-22-48(43)52/h3-32H,2H2,1H3/b4-3-,14-5-. The Morgan fingerprint density at radius 3 is 1.81 bits per heavy atom. The fourth-order valence-corrected chi connectivity index (χ4v) is 7.32. The molecule has 0 unspecified atom stereocenters. The van der Waals surface area contributed by atoms with E-state index in [0.717, 1.165) is 50.3 Å². The van der Waals surface area contributed by atoms with Gasteiger partial charge in [0.15, 0.2) is 5.82 Å². The predicted octanol–water partition coefficient (Wildman–Crippen LogP) is 13.0. The second kappa shape index (κ2) is 13.1. The summed E-state index contributed by atoms with van der Waals surface area (Å²) >= 11 is 0. The van der Waals surface area contributed by atoms with Crippen LogP contribution in [0.5, 0.6) is 0 Å². The van der Waals surface area contributed by atoms with Crippen LogP contribution in [0.15, 0.2) is 189 Å². The molecule has 0 spiro atoms. The first-order chi connectivity index (χ1) is 25.7. The number of allylic oxidation sites excluding steroid dienone is 5. The van der Waals surface area contributed by atoms with Gasteiger partial charge in [0.25, 0.3) is 0 Å². The lowest BCUT2D eigenvalue weighted by molar-refractivity contribution is 1.17. The lowest BCUT2D eigenvalue weighted by Gasteiger charge is -2.14. The minimum absolute atomic E-state index is 0.679. The van der Waals surface area contributed by atoms with Crippen molar-refractivity contribution in [2.75, 3.05) is 0 Å². The maximum Gasteiger partial charge on any atom is 0.160 e. The molecule has 2 heterocycles. The molecule has 0 fully saturated rings. The van der Waals surface area contributed by atoms with Gasteiger partial charge in [-0.2, -0.15) is 0 Å². The number of hydrogen-bond acceptors (Lipinski definition) is 2. The van der Waals surface area contributed by atoms with Gasteiger partial charge >= 0.3 is 0 Å². The predicted molar refractivity (Wildman–Crippen MR) is 221 cm³/mol. The Bertz CT molecular complexity index is 2800. The highest BCUT2D eigenvalue weighted by Crippen LogP contribution is 2.37. The Kier molecular flexibility index (Phi) is 7.87. The van der Waals surface area contributed by atoms with Crippen molar-refractivity contribution >= 4 is 48.9 Å². The number of hydrogen-bond donors (Lipinski definition) is 0. The monoisotopic (exact) mass is 665 g/mol. The van der Waals surface area contributed by atoms with Gasteiger partial charge in [-0.25, -0.2) is 9.97 Å². The van der Waals surface area contributed by atoms with Gasteiger partial charge in [-0.05, 0) is 76.0 Å². The quantitative estimate of drug-likeness (QED) is 0.125. The zero-order valence-corrected chi connectivity index (χ0v) is 28.9. The summed E-state index contributed by atoms with van der Waals surface area (Å²) in [7, 11) is 0. The third-order valence-corrected chi connectivity index (χ3v) is 9.89. The Morgan fingerprint density at radius 2 is 1.12 bits per heavy atom. The van der Waals surface area contributed by atoms with E-state index in [0.29, 0.717) is 5.82 Å². The molecule has 0 atom stereocenters. The maximum absolute atomic E-state index is 5.26. The van der Waals surface area contributed by atoms with Crippen molar-refractivity contribution in [1.82, 2.24) is 14.5 Å². The smallest absolute Gasteiger partial charge is 0.160 e. The molecular formula is C49H35N3. The molecule has 0 radical (unpaired) electrons. The largest absolute Gasteiger partial charge is 0.309 e. The van der Waals surface area contributed by atoms with Crippen molar-refractivity contribution < 1.29 is 0 Å². The maximum atomic E-state index is 5.26. The van der Waals surface area contributed by atoms with Crippen LogP contribution in [0.1, 0.15) is 12.5 Å². The molecule has 9 rings (SSSR count). The molecule has 0 aliphatic carbocycles. The second-order valence-electron chi connectivity index (χ2n) is 13.1. The van der Waals surface area contributed by atoms with Crippen molar-refractivity contribution in [2.24, 2.45) is 0 Å². The van der Waals surface area contributed by atoms with E-state index in [1.54, 1.807) is 0 Å². The Labute approximate surface area is 303 Å². The van der Waals surface area contributed by atoms with Crippen molar-refractivity contribution in [1.29, 1.82) is 0 Å². The molecule has 52 heavy (non-hydrogen) atoms. The third-order valence-electron chi connectivity index (χ3n) is 9.89. The number of fused-ring (bicyclic) bond motifs is 6. The minimum Gasteiger partial charge on any atom is -0.309 e. The highest BCUT2D eigenvalue weighted by atomic mass is 15.0. The first kappa shape index (κ1) is 31.2. The molecule has 0 aliphatic rings. The number of nitrogens with zero attached hydrogens (tertiary/aromatic N) is 3. The molecule has 0 saturated heterocycles. The van der Waals surface area contributed by atoms with Crippen molar-refractivity contribution in [3.05, 3.63) is 194 Å². The minimum atomic E-state index is 0.679. The summed E-state index contributed by atoms with van der Waals surface area (Å²) in [5.74, 6) is 0.679. The van der Waals surface area contributed by atoms with E-state index in [1.807, 2.05) is 31.2 Å². The molecule has 2 aromatic heterocycles. The van der Waals surface area contributed by atoms with Gasteiger partial charge in [-0.3, -0.25) is 0 Å². The average Bonchev–Trinajstić information content (AvgIpc) is 3.55. The highest BCUT2D eigenvalue weighted by molar-refractivity contribution is 6.13. The summed E-state index contributed by atoms with van der Waals surface area (Å²) in [6.45, 7) is 6.27. The van der Waals surface area contributed by atoms with Crippen LogP contribution in [-0.2, 0) is 0 Å². The van der Waals surface area contributed by atoms with Crippen molar-refractivity contribution in [3.8, 4) is 39.6 Å². The van der Waals surface area contributed by atoms with Crippen LogP contribution in [0.4, 0.5) is 0 Å². The third kappa shape index (κ3) is 5.49. The van der Waals surface area contributed by atoms with Crippen LogP contribution >= 0.6 is 0 Å². The van der Waals surface area contributed by atoms with Gasteiger partial charge < -0.3 is 4.57 Å². The van der Waals surface area contributed by atoms with Crippen LogP contribution in [-0.4, -0.2) is 14.5 Å². The van der Waals surface area contributed by atoms with Crippen molar-refractivity contribution in [2.45, 2.75) is 6.92 Å². The summed E-state index contributed by atoms with van der Waals surface area (Å²) in [6.07, 6.45) is 8.05. The van der Waals surface area contributed by atoms with E-state index < -0.39 is 0 Å². The SMILES string of the molecule is C=C(/C=C\C=C/C)c1ccc(-c2nc(-c3ccc(-n4c5ccccc5c5ccccc54)cc3)cc(-c3cc4ccccc4c4ccccc34)n2)cc1. The van der Waals surface area contributed by atoms with E-state index in [1.165, 1.54) is 38.0 Å². The second-order valence-corrected chi connectivity index (χ2v) is 13.1. The zero-order valence-electron chi connectivity index (χ0n) is 28.9. The van der Waals surface area contributed by atoms with E-state index in [2.05, 4.69) is 169 Å². The molecule has 0 aliphatic heterocycles. The summed E-state index contributed by atoms with van der Waals surface area (Å²) in [5.41, 5.74) is 10.3. The zero-order chi connectivity index (χ0) is 35.0. The first-order valence-corrected chi connectivity index (χ1v) is 17.6. The van der Waals surface area contributed by atoms with Gasteiger partial charge in [-0.15, -0.1) is 0 Å². The molecule has 0 saturated carbocycles. The fourth-order valence-electron chi connectivity index (χ4n) is 7.32. The number of aromatic nitrogens is 3. The fraction of sp³-hybridized carbons (Fsp3) is 0.0204. The molecule has 3 heteroatoms. The average molecular weight is 666 g/mol. The molecule has 0 N–H and O–H groups in total. The van der Waals surface area contributed by atoms with Gasteiger partial charge in [-0.1, -0.05) is 152 Å². The number of benzene rings is 7. The van der Waals surface area contributed by atoms with Crippen LogP contribution in [0.25, 0.3) is 88.5 Å². The summed E-state index contributed by atoms with van der Waals surface area (Å²) < 4.78 is 2.34. The molecule has 0 amide bonds. The molecule has 246 valence electrons. The van der Waals surface area contributed by atoms with E-state index in [9.17, 15) is 0 Å². The molecule has 3 nitrogen and oxygen atoms in total. The summed E-state index contributed by atoms with van der Waals surface area (Å²) in [4.78, 5) is 10.5. The van der Waals surface area contributed by atoms with Crippen molar-refractivity contribution in [3.63, 3.8) is 0 Å². The Morgan fingerprint density at radius 1 is 0.538 bits per heavy atom. The lowest BCUT2D eigenvalue weighted by atomic mass is 9.95. The normalized spacial score (nSPS) is 11.9.